The van der Waals surface area contributed by atoms with Crippen molar-refractivity contribution in [1.82, 2.24) is 24.6 Å². The average molecular weight is 342 g/mol. The molecule has 0 aromatic carbocycles. The summed E-state index contributed by atoms with van der Waals surface area (Å²) in [4.78, 5) is 12.2. The Hall–Kier alpha value is -1.21. The molecule has 0 radical (unpaired) electrons. The molecule has 0 unspecified atom stereocenters. The topological polar surface area (TPSA) is 46.8 Å². The maximum absolute atomic E-state index is 6.18. The van der Waals surface area contributed by atoms with Gasteiger partial charge in [0.05, 0.1) is 22.5 Å². The van der Waals surface area contributed by atoms with Gasteiger partial charge in [0.2, 0.25) is 0 Å². The lowest BCUT2D eigenvalue weighted by Gasteiger charge is -2.14. The molecule has 3 aromatic heterocycles. The molecule has 8 heteroatoms. The van der Waals surface area contributed by atoms with Crippen LogP contribution >= 0.6 is 34.5 Å². The van der Waals surface area contributed by atoms with E-state index in [2.05, 4.69) is 20.0 Å². The van der Waals surface area contributed by atoms with Gasteiger partial charge < -0.3 is 0 Å². The maximum Gasteiger partial charge on any atom is 0.162 e. The summed E-state index contributed by atoms with van der Waals surface area (Å²) < 4.78 is 2.50. The third-order valence-corrected chi connectivity index (χ3v) is 4.56. The largest absolute Gasteiger partial charge is 0.294 e. The number of fused-ring (bicyclic) bond motifs is 1. The van der Waals surface area contributed by atoms with Crippen molar-refractivity contribution in [2.24, 2.45) is 7.05 Å². The Labute approximate surface area is 136 Å². The normalized spacial score (nSPS) is 11.7. The molecular formula is C13H13Cl2N5S. The van der Waals surface area contributed by atoms with Crippen LogP contribution in [0.3, 0.4) is 0 Å². The molecule has 0 spiro atoms. The fraction of sp³-hybridized carbons (Fsp3) is 0.308. The van der Waals surface area contributed by atoms with Gasteiger partial charge in [-0.1, -0.05) is 23.2 Å². The van der Waals surface area contributed by atoms with Crippen molar-refractivity contribution < 1.29 is 0 Å². The van der Waals surface area contributed by atoms with Gasteiger partial charge in [-0.15, -0.1) is 11.3 Å². The zero-order valence-corrected chi connectivity index (χ0v) is 13.9. The Balaban J connectivity index is 1.79. The highest BCUT2D eigenvalue weighted by atomic mass is 35.5. The second-order valence-corrected chi connectivity index (χ2v) is 6.97. The molecule has 0 aliphatic rings. The highest BCUT2D eigenvalue weighted by molar-refractivity contribution is 7.16. The quantitative estimate of drug-likeness (QED) is 0.682. The van der Waals surface area contributed by atoms with Gasteiger partial charge in [-0.2, -0.15) is 5.10 Å². The number of hydrogen-bond acceptors (Lipinski definition) is 5. The molecule has 5 nitrogen and oxygen atoms in total. The molecule has 0 saturated heterocycles. The van der Waals surface area contributed by atoms with Gasteiger partial charge in [0.15, 0.2) is 5.65 Å². The minimum Gasteiger partial charge on any atom is -0.294 e. The molecule has 0 atom stereocenters. The van der Waals surface area contributed by atoms with Crippen molar-refractivity contribution in [1.29, 1.82) is 0 Å². The third-order valence-electron chi connectivity index (χ3n) is 3.06. The molecule has 3 aromatic rings. The summed E-state index contributed by atoms with van der Waals surface area (Å²) >= 11 is 13.7. The number of nitrogens with zero attached hydrogens (tertiary/aromatic N) is 5. The second kappa shape index (κ2) is 5.88. The third kappa shape index (κ3) is 3.18. The smallest absolute Gasteiger partial charge is 0.162 e. The van der Waals surface area contributed by atoms with Gasteiger partial charge in [0.25, 0.3) is 0 Å². The summed E-state index contributed by atoms with van der Waals surface area (Å²) in [7, 11) is 3.85. The Morgan fingerprint density at radius 2 is 2.05 bits per heavy atom. The van der Waals surface area contributed by atoms with Crippen molar-refractivity contribution >= 4 is 45.6 Å². The summed E-state index contributed by atoms with van der Waals surface area (Å²) in [6, 6.07) is 3.94. The van der Waals surface area contributed by atoms with Crippen LogP contribution in [0.25, 0.3) is 11.0 Å². The van der Waals surface area contributed by atoms with E-state index in [1.165, 1.54) is 4.88 Å². The molecule has 21 heavy (non-hydrogen) atoms. The number of halogens is 2. The van der Waals surface area contributed by atoms with E-state index in [0.717, 1.165) is 21.9 Å². The van der Waals surface area contributed by atoms with Crippen LogP contribution in [0.5, 0.6) is 0 Å². The molecular weight excluding hydrogens is 329 g/mol. The predicted octanol–water partition coefficient (Wildman–Crippen LogP) is 3.36. The van der Waals surface area contributed by atoms with E-state index in [4.69, 9.17) is 23.2 Å². The van der Waals surface area contributed by atoms with E-state index in [0.29, 0.717) is 17.5 Å². The van der Waals surface area contributed by atoms with Crippen LogP contribution < -0.4 is 0 Å². The Morgan fingerprint density at radius 1 is 1.24 bits per heavy atom. The Morgan fingerprint density at radius 3 is 2.76 bits per heavy atom. The van der Waals surface area contributed by atoms with E-state index >= 15 is 0 Å². The monoisotopic (exact) mass is 341 g/mol. The number of aryl methyl sites for hydroxylation is 1. The van der Waals surface area contributed by atoms with Crippen LogP contribution in [0.4, 0.5) is 0 Å². The summed E-state index contributed by atoms with van der Waals surface area (Å²) in [6.45, 7) is 1.40. The molecule has 0 aliphatic carbocycles. The lowest BCUT2D eigenvalue weighted by molar-refractivity contribution is 0.313. The molecule has 3 heterocycles. The highest BCUT2D eigenvalue weighted by Gasteiger charge is 2.12. The highest BCUT2D eigenvalue weighted by Crippen LogP contribution is 2.23. The fourth-order valence-electron chi connectivity index (χ4n) is 2.10. The summed E-state index contributed by atoms with van der Waals surface area (Å²) in [6.07, 6.45) is 1.68. The zero-order chi connectivity index (χ0) is 15.0. The standard InChI is InChI=1S/C13H13Cl2N5S/c1-19(6-8-3-4-10(14)21-8)7-11-17-12(15)9-5-16-20(2)13(9)18-11/h3-5H,6-7H2,1-2H3. The summed E-state index contributed by atoms with van der Waals surface area (Å²) in [5, 5.41) is 5.36. The molecule has 0 N–H and O–H groups in total. The van der Waals surface area contributed by atoms with Crippen LogP contribution in [0, 0.1) is 0 Å². The summed E-state index contributed by atoms with van der Waals surface area (Å²) in [5.41, 5.74) is 0.748. The predicted molar refractivity (Wildman–Crippen MR) is 85.8 cm³/mol. The first-order valence-electron chi connectivity index (χ1n) is 6.30. The van der Waals surface area contributed by atoms with Gasteiger partial charge in [-0.25, -0.2) is 9.97 Å². The van der Waals surface area contributed by atoms with Crippen LogP contribution in [-0.2, 0) is 20.1 Å². The van der Waals surface area contributed by atoms with Gasteiger partial charge in [0.1, 0.15) is 11.0 Å². The van der Waals surface area contributed by atoms with Crippen molar-refractivity contribution in [2.45, 2.75) is 13.1 Å². The molecule has 0 bridgehead atoms. The lowest BCUT2D eigenvalue weighted by atomic mass is 10.4. The number of hydrogen-bond donors (Lipinski definition) is 0. The number of aromatic nitrogens is 4. The van der Waals surface area contributed by atoms with Crippen LogP contribution in [0.2, 0.25) is 9.49 Å². The van der Waals surface area contributed by atoms with Crippen LogP contribution in [0.15, 0.2) is 18.3 Å². The first-order chi connectivity index (χ1) is 10.0. The van der Waals surface area contributed by atoms with E-state index < -0.39 is 0 Å². The van der Waals surface area contributed by atoms with Gasteiger partial charge in [-0.05, 0) is 19.2 Å². The first kappa shape index (κ1) is 14.7. The number of rotatable bonds is 4. The van der Waals surface area contributed by atoms with E-state index in [-0.39, 0.29) is 0 Å². The zero-order valence-electron chi connectivity index (χ0n) is 11.5. The SMILES string of the molecule is CN(Cc1nc(Cl)c2cnn(C)c2n1)Cc1ccc(Cl)s1. The number of thiophene rings is 1. The molecule has 3 rings (SSSR count). The van der Waals surface area contributed by atoms with Crippen molar-refractivity contribution in [3.05, 3.63) is 38.5 Å². The van der Waals surface area contributed by atoms with E-state index in [1.54, 1.807) is 22.2 Å². The molecule has 110 valence electrons. The molecule has 0 aliphatic heterocycles. The van der Waals surface area contributed by atoms with Gasteiger partial charge in [-0.3, -0.25) is 9.58 Å². The van der Waals surface area contributed by atoms with Crippen molar-refractivity contribution in [3.8, 4) is 0 Å². The Bertz CT molecular complexity index is 782. The first-order valence-corrected chi connectivity index (χ1v) is 7.87. The second-order valence-electron chi connectivity index (χ2n) is 4.81. The van der Waals surface area contributed by atoms with E-state index in [9.17, 15) is 0 Å². The Kier molecular flexibility index (Phi) is 4.12. The van der Waals surface area contributed by atoms with Gasteiger partial charge in [0, 0.05) is 18.5 Å². The van der Waals surface area contributed by atoms with Gasteiger partial charge >= 0.3 is 0 Å². The van der Waals surface area contributed by atoms with Crippen molar-refractivity contribution in [2.75, 3.05) is 7.05 Å². The maximum atomic E-state index is 6.18. The minimum absolute atomic E-state index is 0.440. The molecule has 0 saturated carbocycles. The fourth-order valence-corrected chi connectivity index (χ4v) is 3.50. The summed E-state index contributed by atoms with van der Waals surface area (Å²) in [5.74, 6) is 0.682. The van der Waals surface area contributed by atoms with Crippen molar-refractivity contribution in [3.63, 3.8) is 0 Å². The minimum atomic E-state index is 0.440. The average Bonchev–Trinajstić information content (AvgIpc) is 2.97. The van der Waals surface area contributed by atoms with Crippen LogP contribution in [0.1, 0.15) is 10.7 Å². The molecule has 0 amide bonds. The van der Waals surface area contributed by atoms with E-state index in [1.807, 2.05) is 26.2 Å². The lowest BCUT2D eigenvalue weighted by Crippen LogP contribution is -2.18. The van der Waals surface area contributed by atoms with Crippen LogP contribution in [-0.4, -0.2) is 31.7 Å². The molecule has 0 fully saturated rings.